The highest BCUT2D eigenvalue weighted by Gasteiger charge is 2.21. The van der Waals surface area contributed by atoms with Crippen molar-refractivity contribution in [2.45, 2.75) is 33.1 Å². The van der Waals surface area contributed by atoms with Gasteiger partial charge in [0.2, 0.25) is 0 Å². The molecule has 0 fully saturated rings. The van der Waals surface area contributed by atoms with Crippen LogP contribution in [0, 0.1) is 6.92 Å². The molecule has 1 aromatic carbocycles. The van der Waals surface area contributed by atoms with Gasteiger partial charge in [-0.05, 0) is 43.3 Å². The van der Waals surface area contributed by atoms with Crippen molar-refractivity contribution in [1.29, 1.82) is 0 Å². The quantitative estimate of drug-likeness (QED) is 0.616. The van der Waals surface area contributed by atoms with Crippen molar-refractivity contribution in [2.24, 2.45) is 0 Å². The molecule has 0 aliphatic carbocycles. The Morgan fingerprint density at radius 2 is 1.63 bits per heavy atom. The molecule has 0 unspecified atom stereocenters. The molecule has 0 saturated heterocycles. The van der Waals surface area contributed by atoms with Crippen molar-refractivity contribution in [3.63, 3.8) is 0 Å². The second-order valence-electron chi connectivity index (χ2n) is 7.21. The summed E-state index contributed by atoms with van der Waals surface area (Å²) in [5.74, 6) is 1.90. The van der Waals surface area contributed by atoms with E-state index in [0.717, 1.165) is 11.3 Å². The number of nitrogens with one attached hydrogen (secondary N) is 3. The Bertz CT molecular complexity index is 912. The van der Waals surface area contributed by atoms with Gasteiger partial charge >= 0.3 is 6.03 Å². The van der Waals surface area contributed by atoms with Gasteiger partial charge in [-0.15, -0.1) is 0 Å². The van der Waals surface area contributed by atoms with E-state index in [9.17, 15) is 4.79 Å². The average Bonchev–Trinajstić information content (AvgIpc) is 2.98. The molecule has 0 atom stereocenters. The van der Waals surface area contributed by atoms with Gasteiger partial charge in [0.1, 0.15) is 11.5 Å². The minimum atomic E-state index is -0.354. The molecule has 140 valence electrons. The highest BCUT2D eigenvalue weighted by Crippen LogP contribution is 2.27. The van der Waals surface area contributed by atoms with Crippen molar-refractivity contribution in [1.82, 2.24) is 15.2 Å². The number of benzene rings is 1. The van der Waals surface area contributed by atoms with E-state index in [1.165, 1.54) is 0 Å². The second-order valence-corrected chi connectivity index (χ2v) is 7.21. The lowest BCUT2D eigenvalue weighted by atomic mass is 9.90. The molecular formula is C20H23N5O2. The number of ether oxygens (including phenoxy) is 1. The van der Waals surface area contributed by atoms with Gasteiger partial charge in [0.15, 0.2) is 5.82 Å². The number of rotatable bonds is 4. The summed E-state index contributed by atoms with van der Waals surface area (Å²) in [6.07, 6.45) is 3.33. The summed E-state index contributed by atoms with van der Waals surface area (Å²) in [5.41, 5.74) is 2.51. The summed E-state index contributed by atoms with van der Waals surface area (Å²) in [5, 5.41) is 12.8. The summed E-state index contributed by atoms with van der Waals surface area (Å²) in [7, 11) is 0. The maximum atomic E-state index is 12.3. The first-order chi connectivity index (χ1) is 12.8. The minimum Gasteiger partial charge on any atom is -0.457 e. The molecular weight excluding hydrogens is 342 g/mol. The Kier molecular flexibility index (Phi) is 5.12. The summed E-state index contributed by atoms with van der Waals surface area (Å²) in [4.78, 5) is 16.2. The van der Waals surface area contributed by atoms with Crippen molar-refractivity contribution in [2.75, 3.05) is 10.6 Å². The van der Waals surface area contributed by atoms with Gasteiger partial charge in [-0.25, -0.2) is 4.79 Å². The van der Waals surface area contributed by atoms with Crippen molar-refractivity contribution in [3.05, 3.63) is 60.0 Å². The standard InChI is InChI=1S/C20H23N5O2/c1-13-17(20(2,3)4)24-25-18(13)23-19(26)22-14-5-7-15(8-6-14)27-16-9-11-21-12-10-16/h5-12H,1-4H3,(H3,22,23,24,25,26). The molecule has 0 saturated carbocycles. The molecule has 27 heavy (non-hydrogen) atoms. The first-order valence-corrected chi connectivity index (χ1v) is 8.64. The van der Waals surface area contributed by atoms with E-state index >= 15 is 0 Å². The number of anilines is 2. The first kappa shape index (κ1) is 18.4. The van der Waals surface area contributed by atoms with Crippen LogP contribution >= 0.6 is 0 Å². The van der Waals surface area contributed by atoms with Crippen LogP contribution in [0.2, 0.25) is 0 Å². The van der Waals surface area contributed by atoms with E-state index in [1.807, 2.05) is 6.92 Å². The predicted octanol–water partition coefficient (Wildman–Crippen LogP) is 4.85. The topological polar surface area (TPSA) is 91.9 Å². The first-order valence-electron chi connectivity index (χ1n) is 8.64. The Hall–Kier alpha value is -3.35. The molecule has 7 nitrogen and oxygen atoms in total. The van der Waals surface area contributed by atoms with Crippen LogP contribution in [0.1, 0.15) is 32.0 Å². The van der Waals surface area contributed by atoms with Crippen LogP contribution < -0.4 is 15.4 Å². The van der Waals surface area contributed by atoms with Gasteiger partial charge < -0.3 is 10.1 Å². The fourth-order valence-electron chi connectivity index (χ4n) is 2.67. The van der Waals surface area contributed by atoms with Gasteiger partial charge in [0.25, 0.3) is 0 Å². The van der Waals surface area contributed by atoms with E-state index < -0.39 is 0 Å². The molecule has 3 N–H and O–H groups in total. The van der Waals surface area contributed by atoms with E-state index in [-0.39, 0.29) is 11.4 Å². The van der Waals surface area contributed by atoms with Gasteiger partial charge in [-0.1, -0.05) is 20.8 Å². The summed E-state index contributed by atoms with van der Waals surface area (Å²) >= 11 is 0. The number of H-pyrrole nitrogens is 1. The van der Waals surface area contributed by atoms with Gasteiger partial charge in [0.05, 0.1) is 0 Å². The number of hydrogen-bond donors (Lipinski definition) is 3. The number of amides is 2. The Balaban J connectivity index is 1.61. The molecule has 0 aliphatic rings. The molecule has 2 heterocycles. The fraction of sp³-hybridized carbons (Fsp3) is 0.250. The Labute approximate surface area is 158 Å². The molecule has 0 aliphatic heterocycles. The lowest BCUT2D eigenvalue weighted by Crippen LogP contribution is -2.20. The predicted molar refractivity (Wildman–Crippen MR) is 105 cm³/mol. The van der Waals surface area contributed by atoms with Gasteiger partial charge in [0, 0.05) is 34.8 Å². The largest absolute Gasteiger partial charge is 0.457 e. The molecule has 0 spiro atoms. The summed E-state index contributed by atoms with van der Waals surface area (Å²) < 4.78 is 5.70. The zero-order valence-corrected chi connectivity index (χ0v) is 15.8. The smallest absolute Gasteiger partial charge is 0.324 e. The van der Waals surface area contributed by atoms with Crippen LogP contribution in [0.4, 0.5) is 16.3 Å². The lowest BCUT2D eigenvalue weighted by molar-refractivity contribution is 0.262. The normalized spacial score (nSPS) is 11.1. The second kappa shape index (κ2) is 7.49. The number of nitrogens with zero attached hydrogens (tertiary/aromatic N) is 2. The maximum absolute atomic E-state index is 12.3. The monoisotopic (exact) mass is 365 g/mol. The minimum absolute atomic E-state index is 0.0713. The third kappa shape index (κ3) is 4.63. The van der Waals surface area contributed by atoms with Crippen molar-refractivity contribution >= 4 is 17.5 Å². The molecule has 2 aromatic heterocycles. The van der Waals surface area contributed by atoms with Crippen molar-refractivity contribution < 1.29 is 9.53 Å². The van der Waals surface area contributed by atoms with Gasteiger partial charge in [-0.3, -0.25) is 15.4 Å². The van der Waals surface area contributed by atoms with Crippen LogP contribution in [-0.2, 0) is 5.41 Å². The molecule has 2 amide bonds. The molecule has 3 rings (SSSR count). The third-order valence-corrected chi connectivity index (χ3v) is 3.99. The number of aromatic nitrogens is 3. The zero-order chi connectivity index (χ0) is 19.4. The Morgan fingerprint density at radius 1 is 1.00 bits per heavy atom. The van der Waals surface area contributed by atoms with E-state index in [1.54, 1.807) is 48.8 Å². The van der Waals surface area contributed by atoms with E-state index in [4.69, 9.17) is 4.74 Å². The van der Waals surface area contributed by atoms with Crippen molar-refractivity contribution in [3.8, 4) is 11.5 Å². The van der Waals surface area contributed by atoms with E-state index in [2.05, 4.69) is 46.6 Å². The number of hydrogen-bond acceptors (Lipinski definition) is 4. The number of aromatic amines is 1. The third-order valence-electron chi connectivity index (χ3n) is 3.99. The summed E-state index contributed by atoms with van der Waals surface area (Å²) in [6.45, 7) is 8.21. The Morgan fingerprint density at radius 3 is 2.22 bits per heavy atom. The fourth-order valence-corrected chi connectivity index (χ4v) is 2.67. The van der Waals surface area contributed by atoms with Gasteiger partial charge in [-0.2, -0.15) is 5.10 Å². The lowest BCUT2D eigenvalue weighted by Gasteiger charge is -2.17. The molecule has 0 radical (unpaired) electrons. The zero-order valence-electron chi connectivity index (χ0n) is 15.8. The maximum Gasteiger partial charge on any atom is 0.324 e. The van der Waals surface area contributed by atoms with E-state index in [0.29, 0.717) is 23.0 Å². The van der Waals surface area contributed by atoms with Crippen LogP contribution in [0.15, 0.2) is 48.8 Å². The number of carbonyl (C=O) groups is 1. The number of pyridine rings is 1. The summed E-state index contributed by atoms with van der Waals surface area (Å²) in [6, 6.07) is 10.3. The highest BCUT2D eigenvalue weighted by molar-refractivity contribution is 5.99. The van der Waals surface area contributed by atoms with Crippen LogP contribution in [0.3, 0.4) is 0 Å². The molecule has 0 bridgehead atoms. The molecule has 7 heteroatoms. The average molecular weight is 365 g/mol. The number of carbonyl (C=O) groups excluding carboxylic acids is 1. The number of urea groups is 1. The highest BCUT2D eigenvalue weighted by atomic mass is 16.5. The molecule has 3 aromatic rings. The van der Waals surface area contributed by atoms with Crippen LogP contribution in [0.5, 0.6) is 11.5 Å². The van der Waals surface area contributed by atoms with Crippen LogP contribution in [0.25, 0.3) is 0 Å². The SMILES string of the molecule is Cc1c(NC(=O)Nc2ccc(Oc3ccncc3)cc2)n[nH]c1C(C)(C)C. The van der Waals surface area contributed by atoms with Crippen LogP contribution in [-0.4, -0.2) is 21.2 Å².